The van der Waals surface area contributed by atoms with Crippen LogP contribution in [-0.2, 0) is 17.7 Å². The second-order valence-electron chi connectivity index (χ2n) is 5.46. The van der Waals surface area contributed by atoms with Crippen LogP contribution in [0.4, 0.5) is 5.69 Å². The van der Waals surface area contributed by atoms with Crippen LogP contribution in [0.1, 0.15) is 24.0 Å². The summed E-state index contributed by atoms with van der Waals surface area (Å²) in [5, 5.41) is 3.51. The molecular formula is C15H22N2O. The van der Waals surface area contributed by atoms with Crippen LogP contribution in [0.3, 0.4) is 0 Å². The molecule has 1 aromatic carbocycles. The predicted molar refractivity (Wildman–Crippen MR) is 73.9 cm³/mol. The average Bonchev–Trinajstić information content (AvgIpc) is 2.99. The number of benzene rings is 1. The van der Waals surface area contributed by atoms with Gasteiger partial charge in [0.1, 0.15) is 0 Å². The highest BCUT2D eigenvalue weighted by molar-refractivity contribution is 5.61. The van der Waals surface area contributed by atoms with Crippen molar-refractivity contribution in [1.82, 2.24) is 4.90 Å². The molecule has 0 radical (unpaired) electrons. The van der Waals surface area contributed by atoms with Crippen LogP contribution in [0.5, 0.6) is 0 Å². The molecule has 1 atom stereocenters. The number of hydrogen-bond donors (Lipinski definition) is 1. The molecule has 2 aliphatic rings. The lowest BCUT2D eigenvalue weighted by Gasteiger charge is -2.21. The molecule has 0 saturated carbocycles. The number of nitrogens with one attached hydrogen (secondary N) is 1. The number of nitrogens with zero attached hydrogens (tertiary/aromatic N) is 1. The van der Waals surface area contributed by atoms with Crippen LogP contribution >= 0.6 is 0 Å². The van der Waals surface area contributed by atoms with Gasteiger partial charge in [-0.1, -0.05) is 18.2 Å². The first-order chi connectivity index (χ1) is 8.83. The van der Waals surface area contributed by atoms with Gasteiger partial charge in [0.2, 0.25) is 0 Å². The highest BCUT2D eigenvalue weighted by atomic mass is 16.5. The third-order valence-electron chi connectivity index (χ3n) is 3.91. The molecule has 0 amide bonds. The Kier molecular flexibility index (Phi) is 3.52. The summed E-state index contributed by atoms with van der Waals surface area (Å²) in [6.45, 7) is 4.09. The number of hydrogen-bond acceptors (Lipinski definition) is 3. The third-order valence-corrected chi connectivity index (χ3v) is 3.91. The standard InChI is InChI=1S/C15H22N2O/c1-17(11-14-6-3-9-18-14)10-13-5-2-4-12-7-8-16-15(12)13/h2,4-5,14,16H,3,6-11H2,1H3. The van der Waals surface area contributed by atoms with Gasteiger partial charge in [0.05, 0.1) is 6.10 Å². The zero-order valence-electron chi connectivity index (χ0n) is 11.1. The molecule has 1 fully saturated rings. The van der Waals surface area contributed by atoms with E-state index in [9.17, 15) is 0 Å². The Hall–Kier alpha value is -1.06. The summed E-state index contributed by atoms with van der Waals surface area (Å²) in [7, 11) is 2.19. The van der Waals surface area contributed by atoms with E-state index in [4.69, 9.17) is 4.74 Å². The van der Waals surface area contributed by atoms with Crippen molar-refractivity contribution in [1.29, 1.82) is 0 Å². The summed E-state index contributed by atoms with van der Waals surface area (Å²) in [6.07, 6.45) is 4.05. The zero-order chi connectivity index (χ0) is 12.4. The SMILES string of the molecule is CN(Cc1cccc2c1NCC2)CC1CCCO1. The Balaban J connectivity index is 1.63. The van der Waals surface area contributed by atoms with Gasteiger partial charge >= 0.3 is 0 Å². The minimum absolute atomic E-state index is 0.444. The number of fused-ring (bicyclic) bond motifs is 1. The van der Waals surface area contributed by atoms with E-state index in [1.54, 1.807) is 0 Å². The molecule has 0 aliphatic carbocycles. The molecule has 0 aromatic heterocycles. The normalized spacial score (nSPS) is 22.2. The highest BCUT2D eigenvalue weighted by Crippen LogP contribution is 2.27. The van der Waals surface area contributed by atoms with E-state index in [0.717, 1.165) is 26.2 Å². The molecule has 1 N–H and O–H groups in total. The van der Waals surface area contributed by atoms with Crippen molar-refractivity contribution >= 4 is 5.69 Å². The van der Waals surface area contributed by atoms with E-state index in [2.05, 4.69) is 35.5 Å². The Labute approximate surface area is 109 Å². The van der Waals surface area contributed by atoms with Crippen molar-refractivity contribution in [3.05, 3.63) is 29.3 Å². The van der Waals surface area contributed by atoms with E-state index in [0.29, 0.717) is 6.10 Å². The lowest BCUT2D eigenvalue weighted by molar-refractivity contribution is 0.0794. The Bertz CT molecular complexity index is 413. The van der Waals surface area contributed by atoms with E-state index in [-0.39, 0.29) is 0 Å². The molecule has 18 heavy (non-hydrogen) atoms. The maximum atomic E-state index is 5.70. The summed E-state index contributed by atoms with van der Waals surface area (Å²) in [6, 6.07) is 6.66. The molecule has 2 heterocycles. The summed E-state index contributed by atoms with van der Waals surface area (Å²) in [4.78, 5) is 2.38. The first-order valence-electron chi connectivity index (χ1n) is 6.98. The van der Waals surface area contributed by atoms with Gasteiger partial charge < -0.3 is 10.1 Å². The molecule has 3 rings (SSSR count). The van der Waals surface area contributed by atoms with Crippen molar-refractivity contribution in [2.75, 3.05) is 32.1 Å². The second-order valence-corrected chi connectivity index (χ2v) is 5.46. The van der Waals surface area contributed by atoms with E-state index < -0.39 is 0 Å². The quantitative estimate of drug-likeness (QED) is 0.882. The molecule has 2 aliphatic heterocycles. The van der Waals surface area contributed by atoms with E-state index >= 15 is 0 Å². The van der Waals surface area contributed by atoms with Gasteiger partial charge in [0.25, 0.3) is 0 Å². The zero-order valence-corrected chi connectivity index (χ0v) is 11.1. The average molecular weight is 246 g/mol. The van der Waals surface area contributed by atoms with Crippen LogP contribution < -0.4 is 5.32 Å². The van der Waals surface area contributed by atoms with E-state index in [1.807, 2.05) is 0 Å². The van der Waals surface area contributed by atoms with Crippen molar-refractivity contribution in [3.63, 3.8) is 0 Å². The van der Waals surface area contributed by atoms with Crippen LogP contribution in [0, 0.1) is 0 Å². The molecule has 3 heteroatoms. The fraction of sp³-hybridized carbons (Fsp3) is 0.600. The third kappa shape index (κ3) is 2.52. The number of likely N-dealkylation sites (N-methyl/N-ethyl adjacent to an activating group) is 1. The number of anilines is 1. The van der Waals surface area contributed by atoms with Crippen molar-refractivity contribution in [2.24, 2.45) is 0 Å². The van der Waals surface area contributed by atoms with Crippen LogP contribution in [0.15, 0.2) is 18.2 Å². The number of rotatable bonds is 4. The molecule has 98 valence electrons. The Morgan fingerprint density at radius 1 is 1.44 bits per heavy atom. The lowest BCUT2D eigenvalue weighted by atomic mass is 10.1. The monoisotopic (exact) mass is 246 g/mol. The summed E-state index contributed by atoms with van der Waals surface area (Å²) in [5.74, 6) is 0. The molecule has 1 saturated heterocycles. The van der Waals surface area contributed by atoms with Crippen molar-refractivity contribution in [3.8, 4) is 0 Å². The topological polar surface area (TPSA) is 24.5 Å². The lowest BCUT2D eigenvalue weighted by Crippen LogP contribution is -2.28. The van der Waals surface area contributed by atoms with Gasteiger partial charge in [-0.05, 0) is 37.4 Å². The van der Waals surface area contributed by atoms with Crippen LogP contribution in [-0.4, -0.2) is 37.7 Å². The molecule has 0 spiro atoms. The summed E-state index contributed by atoms with van der Waals surface area (Å²) >= 11 is 0. The molecule has 1 aromatic rings. The fourth-order valence-electron chi connectivity index (χ4n) is 3.03. The maximum absolute atomic E-state index is 5.70. The predicted octanol–water partition coefficient (Wildman–Crippen LogP) is 2.27. The first kappa shape index (κ1) is 12.0. The largest absolute Gasteiger partial charge is 0.384 e. The van der Waals surface area contributed by atoms with Gasteiger partial charge in [-0.3, -0.25) is 4.90 Å². The van der Waals surface area contributed by atoms with Crippen molar-refractivity contribution in [2.45, 2.75) is 31.9 Å². The fourth-order valence-corrected chi connectivity index (χ4v) is 3.03. The van der Waals surface area contributed by atoms with Gasteiger partial charge in [-0.2, -0.15) is 0 Å². The highest BCUT2D eigenvalue weighted by Gasteiger charge is 2.19. The minimum Gasteiger partial charge on any atom is -0.384 e. The maximum Gasteiger partial charge on any atom is 0.0702 e. The Morgan fingerprint density at radius 2 is 2.39 bits per heavy atom. The smallest absolute Gasteiger partial charge is 0.0702 e. The summed E-state index contributed by atoms with van der Waals surface area (Å²) in [5.41, 5.74) is 4.26. The number of para-hydroxylation sites is 1. The first-order valence-corrected chi connectivity index (χ1v) is 6.98. The summed E-state index contributed by atoms with van der Waals surface area (Å²) < 4.78 is 5.70. The molecule has 1 unspecified atom stereocenters. The van der Waals surface area contributed by atoms with E-state index in [1.165, 1.54) is 36.1 Å². The molecular weight excluding hydrogens is 224 g/mol. The molecule has 3 nitrogen and oxygen atoms in total. The van der Waals surface area contributed by atoms with Gasteiger partial charge in [0.15, 0.2) is 0 Å². The molecule has 0 bridgehead atoms. The van der Waals surface area contributed by atoms with Gasteiger partial charge in [-0.25, -0.2) is 0 Å². The Morgan fingerprint density at radius 3 is 3.22 bits per heavy atom. The van der Waals surface area contributed by atoms with Crippen LogP contribution in [0.2, 0.25) is 0 Å². The van der Waals surface area contributed by atoms with Gasteiger partial charge in [0, 0.05) is 31.9 Å². The van der Waals surface area contributed by atoms with Crippen molar-refractivity contribution < 1.29 is 4.74 Å². The minimum atomic E-state index is 0.444. The van der Waals surface area contributed by atoms with Gasteiger partial charge in [-0.15, -0.1) is 0 Å². The number of ether oxygens (including phenoxy) is 1. The van der Waals surface area contributed by atoms with Crippen LogP contribution in [0.25, 0.3) is 0 Å². The second kappa shape index (κ2) is 5.29.